The summed E-state index contributed by atoms with van der Waals surface area (Å²) in [4.78, 5) is 0. The van der Waals surface area contributed by atoms with Gasteiger partial charge in [-0.2, -0.15) is 5.26 Å². The number of nitrogens with zero attached hydrogens (tertiary/aromatic N) is 1. The highest BCUT2D eigenvalue weighted by molar-refractivity contribution is 9.10. The molecule has 1 rings (SSSR count). The van der Waals surface area contributed by atoms with Crippen LogP contribution in [0, 0.1) is 17.2 Å². The first-order chi connectivity index (χ1) is 6.56. The lowest BCUT2D eigenvalue weighted by Gasteiger charge is -2.13. The summed E-state index contributed by atoms with van der Waals surface area (Å²) >= 11 is 9.12. The zero-order valence-electron chi connectivity index (χ0n) is 7.54. The first-order valence-electron chi connectivity index (χ1n) is 4.09. The van der Waals surface area contributed by atoms with E-state index in [1.807, 2.05) is 6.07 Å². The predicted molar refractivity (Wildman–Crippen MR) is 58.9 cm³/mol. The molecular formula is C10H9BrClNO. The summed E-state index contributed by atoms with van der Waals surface area (Å²) in [6, 6.07) is 7.15. The van der Waals surface area contributed by atoms with Crippen molar-refractivity contribution in [3.8, 4) is 6.07 Å². The maximum Gasteiger partial charge on any atom is 0.0945 e. The summed E-state index contributed by atoms with van der Waals surface area (Å²) in [6.45, 7) is 1.67. The van der Waals surface area contributed by atoms with E-state index in [1.54, 1.807) is 25.1 Å². The van der Waals surface area contributed by atoms with Crippen molar-refractivity contribution in [1.29, 1.82) is 5.26 Å². The molecule has 0 aromatic heterocycles. The number of nitriles is 1. The van der Waals surface area contributed by atoms with Crippen LogP contribution in [0.2, 0.25) is 5.02 Å². The zero-order valence-corrected chi connectivity index (χ0v) is 9.88. The van der Waals surface area contributed by atoms with E-state index in [4.69, 9.17) is 16.9 Å². The standard InChI is InChI=1S/C10H9BrClNO/c1-6(5-13)10(14)7-2-3-8(11)9(12)4-7/h2-4,6,10,14H,1H3. The topological polar surface area (TPSA) is 44.0 Å². The smallest absolute Gasteiger partial charge is 0.0945 e. The maximum absolute atomic E-state index is 9.71. The number of hydrogen-bond acceptors (Lipinski definition) is 2. The van der Waals surface area contributed by atoms with E-state index < -0.39 is 12.0 Å². The molecule has 0 spiro atoms. The minimum absolute atomic E-state index is 0.438. The Morgan fingerprint density at radius 3 is 2.71 bits per heavy atom. The Morgan fingerprint density at radius 1 is 1.57 bits per heavy atom. The van der Waals surface area contributed by atoms with Crippen molar-refractivity contribution in [1.82, 2.24) is 0 Å². The second-order valence-corrected chi connectivity index (χ2v) is 4.30. The van der Waals surface area contributed by atoms with Crippen molar-refractivity contribution in [3.05, 3.63) is 33.3 Å². The molecule has 2 nitrogen and oxygen atoms in total. The molecule has 0 saturated heterocycles. The lowest BCUT2D eigenvalue weighted by molar-refractivity contribution is 0.143. The van der Waals surface area contributed by atoms with Gasteiger partial charge >= 0.3 is 0 Å². The van der Waals surface area contributed by atoms with Crippen LogP contribution in [0.5, 0.6) is 0 Å². The fourth-order valence-corrected chi connectivity index (χ4v) is 1.49. The van der Waals surface area contributed by atoms with Gasteiger partial charge in [0.1, 0.15) is 0 Å². The summed E-state index contributed by atoms with van der Waals surface area (Å²) in [6.07, 6.45) is -0.786. The van der Waals surface area contributed by atoms with Crippen molar-refractivity contribution in [2.24, 2.45) is 5.92 Å². The van der Waals surface area contributed by atoms with Crippen molar-refractivity contribution in [3.63, 3.8) is 0 Å². The third kappa shape index (κ3) is 2.48. The van der Waals surface area contributed by atoms with Crippen LogP contribution in [-0.4, -0.2) is 5.11 Å². The lowest BCUT2D eigenvalue weighted by Crippen LogP contribution is -2.06. The van der Waals surface area contributed by atoms with Crippen molar-refractivity contribution >= 4 is 27.5 Å². The van der Waals surface area contributed by atoms with Gasteiger partial charge in [0.2, 0.25) is 0 Å². The van der Waals surface area contributed by atoms with Gasteiger partial charge in [-0.15, -0.1) is 0 Å². The van der Waals surface area contributed by atoms with Crippen molar-refractivity contribution < 1.29 is 5.11 Å². The SMILES string of the molecule is CC(C#N)C(O)c1ccc(Br)c(Cl)c1. The molecule has 1 aromatic carbocycles. The van der Waals surface area contributed by atoms with Crippen LogP contribution in [0.3, 0.4) is 0 Å². The molecule has 0 radical (unpaired) electrons. The average molecular weight is 275 g/mol. The van der Waals surface area contributed by atoms with E-state index in [0.717, 1.165) is 4.47 Å². The third-order valence-electron chi connectivity index (χ3n) is 1.96. The van der Waals surface area contributed by atoms with E-state index >= 15 is 0 Å². The molecule has 1 N–H and O–H groups in total. The van der Waals surface area contributed by atoms with E-state index in [2.05, 4.69) is 15.9 Å². The molecule has 0 amide bonds. The molecule has 74 valence electrons. The molecule has 14 heavy (non-hydrogen) atoms. The van der Waals surface area contributed by atoms with Gasteiger partial charge in [0.15, 0.2) is 0 Å². The number of benzene rings is 1. The number of halogens is 2. The highest BCUT2D eigenvalue weighted by atomic mass is 79.9. The van der Waals surface area contributed by atoms with Crippen LogP contribution in [0.15, 0.2) is 22.7 Å². The first kappa shape index (κ1) is 11.5. The van der Waals surface area contributed by atoms with E-state index in [-0.39, 0.29) is 0 Å². The molecule has 2 atom stereocenters. The maximum atomic E-state index is 9.71. The zero-order chi connectivity index (χ0) is 10.7. The van der Waals surface area contributed by atoms with E-state index in [9.17, 15) is 5.11 Å². The predicted octanol–water partition coefficient (Wildman–Crippen LogP) is 3.30. The summed E-state index contributed by atoms with van der Waals surface area (Å²) in [5.74, 6) is -0.438. The number of rotatable bonds is 2. The number of aliphatic hydroxyl groups excluding tert-OH is 1. The van der Waals surface area contributed by atoms with Crippen LogP contribution in [0.25, 0.3) is 0 Å². The number of hydrogen-bond donors (Lipinski definition) is 1. The van der Waals surface area contributed by atoms with Crippen molar-refractivity contribution in [2.75, 3.05) is 0 Å². The van der Waals surface area contributed by atoms with Gasteiger partial charge in [0.05, 0.1) is 23.1 Å². The van der Waals surface area contributed by atoms with Gasteiger partial charge in [0.25, 0.3) is 0 Å². The Labute approximate surface area is 96.2 Å². The second kappa shape index (κ2) is 4.79. The summed E-state index contributed by atoms with van der Waals surface area (Å²) < 4.78 is 0.778. The fourth-order valence-electron chi connectivity index (χ4n) is 1.06. The molecule has 0 fully saturated rings. The van der Waals surface area contributed by atoms with Gasteiger partial charge in [-0.3, -0.25) is 0 Å². The molecule has 4 heteroatoms. The van der Waals surface area contributed by atoms with E-state index in [1.165, 1.54) is 0 Å². The molecule has 0 saturated carbocycles. The molecule has 0 aliphatic heterocycles. The highest BCUT2D eigenvalue weighted by Gasteiger charge is 2.16. The molecule has 0 aliphatic rings. The van der Waals surface area contributed by atoms with Gasteiger partial charge in [-0.05, 0) is 40.5 Å². The summed E-state index contributed by atoms with van der Waals surface area (Å²) in [5.41, 5.74) is 0.659. The Morgan fingerprint density at radius 2 is 2.21 bits per heavy atom. The Bertz CT molecular complexity index is 375. The third-order valence-corrected chi connectivity index (χ3v) is 3.19. The van der Waals surface area contributed by atoms with Gasteiger partial charge in [-0.25, -0.2) is 0 Å². The van der Waals surface area contributed by atoms with Crippen molar-refractivity contribution in [2.45, 2.75) is 13.0 Å². The van der Waals surface area contributed by atoms with Gasteiger partial charge < -0.3 is 5.11 Å². The Kier molecular flexibility index (Phi) is 3.94. The molecule has 0 heterocycles. The van der Waals surface area contributed by atoms with Crippen LogP contribution < -0.4 is 0 Å². The lowest BCUT2D eigenvalue weighted by atomic mass is 9.99. The first-order valence-corrected chi connectivity index (χ1v) is 5.26. The quantitative estimate of drug-likeness (QED) is 0.899. The molecular weight excluding hydrogens is 265 g/mol. The Hall–Kier alpha value is -0.560. The van der Waals surface area contributed by atoms with Gasteiger partial charge in [-0.1, -0.05) is 17.7 Å². The van der Waals surface area contributed by atoms with Crippen LogP contribution in [-0.2, 0) is 0 Å². The Balaban J connectivity index is 2.98. The minimum Gasteiger partial charge on any atom is -0.387 e. The monoisotopic (exact) mass is 273 g/mol. The van der Waals surface area contributed by atoms with Crippen LogP contribution in [0.4, 0.5) is 0 Å². The molecule has 1 aromatic rings. The molecule has 2 unspecified atom stereocenters. The summed E-state index contributed by atoms with van der Waals surface area (Å²) in [7, 11) is 0. The normalized spacial score (nSPS) is 14.5. The fraction of sp³-hybridized carbons (Fsp3) is 0.300. The summed E-state index contributed by atoms with van der Waals surface area (Å²) in [5, 5.41) is 18.9. The van der Waals surface area contributed by atoms with Crippen LogP contribution in [0.1, 0.15) is 18.6 Å². The van der Waals surface area contributed by atoms with Crippen LogP contribution >= 0.6 is 27.5 Å². The molecule has 0 bridgehead atoms. The largest absolute Gasteiger partial charge is 0.387 e. The molecule has 0 aliphatic carbocycles. The minimum atomic E-state index is -0.786. The van der Waals surface area contributed by atoms with E-state index in [0.29, 0.717) is 10.6 Å². The van der Waals surface area contributed by atoms with Gasteiger partial charge in [0, 0.05) is 4.47 Å². The average Bonchev–Trinajstić information content (AvgIpc) is 2.20. The second-order valence-electron chi connectivity index (χ2n) is 3.04. The number of aliphatic hydroxyl groups is 1. The highest BCUT2D eigenvalue weighted by Crippen LogP contribution is 2.28.